The predicted molar refractivity (Wildman–Crippen MR) is 39.9 cm³/mol. The predicted octanol–water partition coefficient (Wildman–Crippen LogP) is -4.46. The minimum atomic E-state index is 0. The molecule has 1 rings (SSSR count). The molecular weight excluding hydrogens is 229 g/mol. The van der Waals surface area contributed by atoms with Gasteiger partial charge in [-0.3, -0.25) is 0 Å². The van der Waals surface area contributed by atoms with E-state index in [0.29, 0.717) is 0 Å². The third kappa shape index (κ3) is 5.39. The van der Waals surface area contributed by atoms with E-state index in [1.807, 2.05) is 0 Å². The first-order valence-corrected chi connectivity index (χ1v) is 3.28. The van der Waals surface area contributed by atoms with Gasteiger partial charge < -0.3 is 29.3 Å². The van der Waals surface area contributed by atoms with Crippen molar-refractivity contribution in [2.45, 2.75) is 6.42 Å². The number of quaternary nitrogens is 1. The molecule has 0 spiro atoms. The molecule has 69 valence electrons. The largest absolute Gasteiger partial charge is 1.00 e. The number of rotatable bonds is 1. The van der Waals surface area contributed by atoms with Crippen LogP contribution in [0.15, 0.2) is 23.9 Å². The average Bonchev–Trinajstić information content (AvgIpc) is 2.08. The first-order chi connectivity index (χ1) is 4.11. The Hall–Kier alpha value is 0.734. The van der Waals surface area contributed by atoms with Crippen LogP contribution in [0.5, 0.6) is 0 Å². The van der Waals surface area contributed by atoms with Crippen LogP contribution in [-0.2, 0) is 21.7 Å². The second-order valence-corrected chi connectivity index (χ2v) is 3.30. The van der Waals surface area contributed by atoms with Crippen molar-refractivity contribution in [2.75, 3.05) is 21.1 Å². The van der Waals surface area contributed by atoms with Gasteiger partial charge in [0, 0.05) is 6.42 Å². The van der Waals surface area contributed by atoms with E-state index >= 15 is 0 Å². The Morgan fingerprint density at radius 2 is 1.67 bits per heavy atom. The van der Waals surface area contributed by atoms with E-state index in [-0.39, 0.29) is 46.5 Å². The molecule has 0 aromatic heterocycles. The molecule has 4 heteroatoms. The smallest absolute Gasteiger partial charge is 1.00 e. The molecule has 0 fully saturated rings. The van der Waals surface area contributed by atoms with E-state index in [0.717, 1.165) is 10.9 Å². The first-order valence-electron chi connectivity index (χ1n) is 3.28. The molecule has 0 aliphatic heterocycles. The SMILES string of the molecule is C[N+](C)(C)C1=CC=CC1.[Cl-].[Cl-].[Ti+]. The normalized spacial score (nSPS) is 13.8. The molecule has 0 atom stereocenters. The van der Waals surface area contributed by atoms with E-state index in [9.17, 15) is 0 Å². The Morgan fingerprint density at radius 1 is 1.17 bits per heavy atom. The quantitative estimate of drug-likeness (QED) is 0.322. The summed E-state index contributed by atoms with van der Waals surface area (Å²) in [6.45, 7) is 0. The van der Waals surface area contributed by atoms with Gasteiger partial charge in [-0.05, 0) is 6.08 Å². The molecule has 0 heterocycles. The molecule has 0 aromatic carbocycles. The summed E-state index contributed by atoms with van der Waals surface area (Å²) in [6, 6.07) is 0. The van der Waals surface area contributed by atoms with Crippen LogP contribution in [-0.4, -0.2) is 25.6 Å². The Balaban J connectivity index is -0.000000270. The van der Waals surface area contributed by atoms with Crippen molar-refractivity contribution in [2.24, 2.45) is 0 Å². The summed E-state index contributed by atoms with van der Waals surface area (Å²) in [5.41, 5.74) is 1.48. The summed E-state index contributed by atoms with van der Waals surface area (Å²) in [4.78, 5) is 0. The van der Waals surface area contributed by atoms with Gasteiger partial charge in [0.25, 0.3) is 0 Å². The zero-order valence-corrected chi connectivity index (χ0v) is 10.7. The third-order valence-electron chi connectivity index (χ3n) is 1.61. The fourth-order valence-corrected chi connectivity index (χ4v) is 0.933. The number of hydrogen-bond acceptors (Lipinski definition) is 0. The molecule has 1 aliphatic rings. The summed E-state index contributed by atoms with van der Waals surface area (Å²) >= 11 is 0. The molecule has 0 N–H and O–H groups in total. The van der Waals surface area contributed by atoms with Gasteiger partial charge in [0.15, 0.2) is 0 Å². The third-order valence-corrected chi connectivity index (χ3v) is 1.61. The van der Waals surface area contributed by atoms with Gasteiger partial charge in [-0.15, -0.1) is 0 Å². The van der Waals surface area contributed by atoms with Crippen molar-refractivity contribution in [3.05, 3.63) is 23.9 Å². The van der Waals surface area contributed by atoms with Crippen LogP contribution in [0.25, 0.3) is 0 Å². The minimum Gasteiger partial charge on any atom is -1.00 e. The fraction of sp³-hybridized carbons (Fsp3) is 0.500. The summed E-state index contributed by atoms with van der Waals surface area (Å²) in [5.74, 6) is 0. The molecule has 0 aromatic rings. The van der Waals surface area contributed by atoms with Crippen molar-refractivity contribution in [1.82, 2.24) is 0 Å². The Bertz CT molecular complexity index is 170. The van der Waals surface area contributed by atoms with Crippen LogP contribution < -0.4 is 24.8 Å². The fourth-order valence-electron chi connectivity index (χ4n) is 0.933. The van der Waals surface area contributed by atoms with Crippen molar-refractivity contribution in [3.8, 4) is 0 Å². The molecule has 0 bridgehead atoms. The van der Waals surface area contributed by atoms with Gasteiger partial charge in [0.05, 0.1) is 21.1 Å². The van der Waals surface area contributed by atoms with Crippen molar-refractivity contribution in [3.63, 3.8) is 0 Å². The van der Waals surface area contributed by atoms with Crippen molar-refractivity contribution >= 4 is 0 Å². The number of hydrogen-bond donors (Lipinski definition) is 0. The second kappa shape index (κ2) is 7.17. The standard InChI is InChI=1S/C8H14N.2ClH.Ti/c1-9(2,3)8-6-4-5-7-8;;;/h4-6H,7H2,1-3H3;2*1H;/q+1;;;+1/p-2. The molecule has 1 aliphatic carbocycles. The summed E-state index contributed by atoms with van der Waals surface area (Å²) in [5, 5.41) is 0. The average molecular weight is 243 g/mol. The summed E-state index contributed by atoms with van der Waals surface area (Å²) in [7, 11) is 6.58. The van der Waals surface area contributed by atoms with Gasteiger partial charge >= 0.3 is 21.7 Å². The number of nitrogens with zero attached hydrogens (tertiary/aromatic N) is 1. The molecule has 0 amide bonds. The van der Waals surface area contributed by atoms with E-state index in [2.05, 4.69) is 39.4 Å². The van der Waals surface area contributed by atoms with E-state index in [1.54, 1.807) is 0 Å². The topological polar surface area (TPSA) is 0 Å². The maximum atomic E-state index is 2.19. The van der Waals surface area contributed by atoms with Crippen molar-refractivity contribution in [1.29, 1.82) is 0 Å². The van der Waals surface area contributed by atoms with E-state index in [1.165, 1.54) is 5.70 Å². The maximum absolute atomic E-state index is 2.19. The second-order valence-electron chi connectivity index (χ2n) is 3.30. The van der Waals surface area contributed by atoms with E-state index < -0.39 is 0 Å². The Morgan fingerprint density at radius 3 is 1.83 bits per heavy atom. The molecule has 0 saturated carbocycles. The summed E-state index contributed by atoms with van der Waals surface area (Å²) in [6.07, 6.45) is 7.64. The van der Waals surface area contributed by atoms with Gasteiger partial charge in [0.1, 0.15) is 5.70 Å². The van der Waals surface area contributed by atoms with Crippen LogP contribution in [0, 0.1) is 0 Å². The number of allylic oxidation sites excluding steroid dienone is 3. The van der Waals surface area contributed by atoms with Crippen LogP contribution in [0.4, 0.5) is 0 Å². The summed E-state index contributed by atoms with van der Waals surface area (Å²) < 4.78 is 0.965. The van der Waals surface area contributed by atoms with Crippen LogP contribution in [0.2, 0.25) is 0 Å². The molecule has 1 nitrogen and oxygen atoms in total. The van der Waals surface area contributed by atoms with Crippen LogP contribution >= 0.6 is 0 Å². The van der Waals surface area contributed by atoms with Crippen LogP contribution in [0.1, 0.15) is 6.42 Å². The molecule has 0 unspecified atom stereocenters. The monoisotopic (exact) mass is 242 g/mol. The van der Waals surface area contributed by atoms with E-state index in [4.69, 9.17) is 0 Å². The first kappa shape index (κ1) is 18.5. The van der Waals surface area contributed by atoms with Gasteiger partial charge in [-0.2, -0.15) is 0 Å². The Kier molecular flexibility index (Phi) is 11.1. The van der Waals surface area contributed by atoms with Gasteiger partial charge in [-0.1, -0.05) is 12.2 Å². The molecule has 0 saturated heterocycles. The number of halogens is 2. The van der Waals surface area contributed by atoms with Gasteiger partial charge in [0.2, 0.25) is 0 Å². The maximum Gasteiger partial charge on any atom is 1.00 e. The van der Waals surface area contributed by atoms with Crippen LogP contribution in [0.3, 0.4) is 0 Å². The minimum absolute atomic E-state index is 0. The van der Waals surface area contributed by atoms with Gasteiger partial charge in [-0.25, -0.2) is 0 Å². The zero-order chi connectivity index (χ0) is 6.91. The zero-order valence-electron chi connectivity index (χ0n) is 7.64. The Labute approximate surface area is 102 Å². The molecular formula is C8H14Cl2NTi. The molecule has 1 radical (unpaired) electrons. The molecule has 12 heavy (non-hydrogen) atoms. The van der Waals surface area contributed by atoms with Crippen molar-refractivity contribution < 1.29 is 51.0 Å².